The topological polar surface area (TPSA) is 17.1 Å². The Morgan fingerprint density at radius 2 is 1.76 bits per heavy atom. The minimum absolute atomic E-state index is 0.334. The molecule has 0 N–H and O–H groups in total. The Morgan fingerprint density at radius 1 is 1.06 bits per heavy atom. The van der Waals surface area contributed by atoms with Gasteiger partial charge in [-0.1, -0.05) is 49.5 Å². The summed E-state index contributed by atoms with van der Waals surface area (Å²) in [5.74, 6) is 0.334. The van der Waals surface area contributed by atoms with Gasteiger partial charge in [0.15, 0.2) is 0 Å². The zero-order valence-electron chi connectivity index (χ0n) is 11.2. The quantitative estimate of drug-likeness (QED) is 0.515. The third kappa shape index (κ3) is 7.95. The van der Waals surface area contributed by atoms with Gasteiger partial charge in [-0.2, -0.15) is 0 Å². The molecule has 0 unspecified atom stereocenters. The van der Waals surface area contributed by atoms with Gasteiger partial charge in [0.25, 0.3) is 0 Å². The first-order chi connectivity index (χ1) is 8.29. The number of Topliss-reactive ketones (excluding diaryl/α,β-unsaturated/α-hetero) is 1. The van der Waals surface area contributed by atoms with E-state index in [1.165, 1.54) is 56.9 Å². The van der Waals surface area contributed by atoms with Crippen molar-refractivity contribution in [3.8, 4) is 0 Å². The van der Waals surface area contributed by atoms with Crippen LogP contribution >= 0.6 is 0 Å². The van der Waals surface area contributed by atoms with E-state index < -0.39 is 0 Å². The second-order valence-corrected chi connectivity index (χ2v) is 5.08. The molecule has 1 rings (SSSR count). The fourth-order valence-corrected chi connectivity index (χ4v) is 2.26. The SMILES string of the molecule is CC(=O)CCCCCCCCC1=CCCC=C1. The summed E-state index contributed by atoms with van der Waals surface area (Å²) >= 11 is 0. The number of hydrogen-bond donors (Lipinski definition) is 0. The molecule has 0 aromatic carbocycles. The molecule has 0 saturated carbocycles. The Labute approximate surface area is 106 Å². The van der Waals surface area contributed by atoms with Crippen LogP contribution in [0.2, 0.25) is 0 Å². The van der Waals surface area contributed by atoms with Gasteiger partial charge in [0, 0.05) is 6.42 Å². The van der Waals surface area contributed by atoms with Gasteiger partial charge in [-0.25, -0.2) is 0 Å². The first-order valence-corrected chi connectivity index (χ1v) is 7.14. The molecule has 0 aliphatic heterocycles. The number of ketones is 1. The molecule has 0 aromatic rings. The van der Waals surface area contributed by atoms with E-state index in [4.69, 9.17) is 0 Å². The summed E-state index contributed by atoms with van der Waals surface area (Å²) in [6.45, 7) is 1.69. The van der Waals surface area contributed by atoms with Gasteiger partial charge in [0.1, 0.15) is 5.78 Å². The molecule has 0 amide bonds. The standard InChI is InChI=1S/C16H26O/c1-15(17)11-7-4-2-3-5-8-12-16-13-9-6-10-14-16/h9,13-14H,2-8,10-12H2,1H3. The number of carbonyl (C=O) groups excluding carboxylic acids is 1. The van der Waals surface area contributed by atoms with Crippen LogP contribution in [-0.2, 0) is 4.79 Å². The van der Waals surface area contributed by atoms with Crippen LogP contribution < -0.4 is 0 Å². The maximum atomic E-state index is 10.7. The summed E-state index contributed by atoms with van der Waals surface area (Å²) in [5.41, 5.74) is 1.54. The van der Waals surface area contributed by atoms with Gasteiger partial charge in [-0.05, 0) is 39.0 Å². The molecule has 1 nitrogen and oxygen atoms in total. The molecule has 1 aliphatic rings. The van der Waals surface area contributed by atoms with E-state index in [2.05, 4.69) is 18.2 Å². The third-order valence-corrected chi connectivity index (χ3v) is 3.32. The Bertz CT molecular complexity index is 273. The molecule has 0 spiro atoms. The van der Waals surface area contributed by atoms with Crippen LogP contribution in [0.5, 0.6) is 0 Å². The lowest BCUT2D eigenvalue weighted by Gasteiger charge is -2.06. The predicted octanol–water partition coefficient (Wildman–Crippen LogP) is 4.97. The maximum absolute atomic E-state index is 10.7. The van der Waals surface area contributed by atoms with Crippen LogP contribution in [0, 0.1) is 0 Å². The molecular weight excluding hydrogens is 208 g/mol. The maximum Gasteiger partial charge on any atom is 0.129 e. The van der Waals surface area contributed by atoms with Crippen LogP contribution in [0.3, 0.4) is 0 Å². The fourth-order valence-electron chi connectivity index (χ4n) is 2.26. The van der Waals surface area contributed by atoms with Crippen molar-refractivity contribution in [3.63, 3.8) is 0 Å². The van der Waals surface area contributed by atoms with Crippen molar-refractivity contribution < 1.29 is 4.79 Å². The normalized spacial score (nSPS) is 14.8. The van der Waals surface area contributed by atoms with Crippen LogP contribution in [-0.4, -0.2) is 5.78 Å². The van der Waals surface area contributed by atoms with E-state index in [0.717, 1.165) is 12.8 Å². The van der Waals surface area contributed by atoms with Gasteiger partial charge in [-0.15, -0.1) is 0 Å². The first kappa shape index (κ1) is 14.2. The number of unbranched alkanes of at least 4 members (excludes halogenated alkanes) is 5. The summed E-state index contributed by atoms with van der Waals surface area (Å²) in [7, 11) is 0. The Kier molecular flexibility index (Phi) is 7.70. The Balaban J connectivity index is 1.86. The van der Waals surface area contributed by atoms with Crippen molar-refractivity contribution in [2.75, 3.05) is 0 Å². The highest BCUT2D eigenvalue weighted by Crippen LogP contribution is 2.17. The number of hydrogen-bond acceptors (Lipinski definition) is 1. The molecule has 1 aliphatic carbocycles. The number of allylic oxidation sites excluding steroid dienone is 4. The molecule has 0 atom stereocenters. The second-order valence-electron chi connectivity index (χ2n) is 5.08. The highest BCUT2D eigenvalue weighted by molar-refractivity contribution is 5.75. The van der Waals surface area contributed by atoms with E-state index in [1.54, 1.807) is 6.92 Å². The van der Waals surface area contributed by atoms with Crippen molar-refractivity contribution in [2.45, 2.75) is 71.1 Å². The van der Waals surface area contributed by atoms with Crippen molar-refractivity contribution in [3.05, 3.63) is 23.8 Å². The van der Waals surface area contributed by atoms with Crippen LogP contribution in [0.1, 0.15) is 71.1 Å². The lowest BCUT2D eigenvalue weighted by molar-refractivity contribution is -0.117. The van der Waals surface area contributed by atoms with Crippen LogP contribution in [0.25, 0.3) is 0 Å². The summed E-state index contributed by atoms with van der Waals surface area (Å²) in [6, 6.07) is 0. The van der Waals surface area contributed by atoms with Crippen LogP contribution in [0.15, 0.2) is 23.8 Å². The van der Waals surface area contributed by atoms with Crippen LogP contribution in [0.4, 0.5) is 0 Å². The van der Waals surface area contributed by atoms with Gasteiger partial charge < -0.3 is 4.79 Å². The summed E-state index contributed by atoms with van der Waals surface area (Å²) in [4.78, 5) is 10.7. The Hall–Kier alpha value is -0.850. The second kappa shape index (κ2) is 9.21. The van der Waals surface area contributed by atoms with Gasteiger partial charge in [0.2, 0.25) is 0 Å². The van der Waals surface area contributed by atoms with E-state index in [-0.39, 0.29) is 0 Å². The van der Waals surface area contributed by atoms with Crippen molar-refractivity contribution in [2.24, 2.45) is 0 Å². The molecule has 0 radical (unpaired) electrons. The van der Waals surface area contributed by atoms with Gasteiger partial charge >= 0.3 is 0 Å². The average molecular weight is 234 g/mol. The monoisotopic (exact) mass is 234 g/mol. The summed E-state index contributed by atoms with van der Waals surface area (Å²) < 4.78 is 0. The van der Waals surface area contributed by atoms with E-state index in [1.807, 2.05) is 0 Å². The average Bonchev–Trinajstić information content (AvgIpc) is 2.33. The highest BCUT2D eigenvalue weighted by Gasteiger charge is 1.98. The Morgan fingerprint density at radius 3 is 2.41 bits per heavy atom. The molecule has 17 heavy (non-hydrogen) atoms. The minimum atomic E-state index is 0.334. The van der Waals surface area contributed by atoms with E-state index >= 15 is 0 Å². The van der Waals surface area contributed by atoms with E-state index in [0.29, 0.717) is 5.78 Å². The minimum Gasteiger partial charge on any atom is -0.300 e. The smallest absolute Gasteiger partial charge is 0.129 e. The molecule has 0 saturated heterocycles. The molecule has 0 fully saturated rings. The van der Waals surface area contributed by atoms with Crippen molar-refractivity contribution in [1.29, 1.82) is 0 Å². The van der Waals surface area contributed by atoms with Gasteiger partial charge in [0.05, 0.1) is 0 Å². The molecule has 1 heteroatoms. The third-order valence-electron chi connectivity index (χ3n) is 3.32. The predicted molar refractivity (Wildman–Crippen MR) is 74.1 cm³/mol. The molecular formula is C16H26O. The lowest BCUT2D eigenvalue weighted by Crippen LogP contribution is -1.89. The first-order valence-electron chi connectivity index (χ1n) is 7.14. The van der Waals surface area contributed by atoms with Gasteiger partial charge in [-0.3, -0.25) is 0 Å². The molecule has 96 valence electrons. The fraction of sp³-hybridized carbons (Fsp3) is 0.688. The summed E-state index contributed by atoms with van der Waals surface area (Å²) in [6.07, 6.45) is 19.0. The number of rotatable bonds is 9. The lowest BCUT2D eigenvalue weighted by atomic mass is 10.0. The zero-order chi connectivity index (χ0) is 12.3. The molecule has 0 aromatic heterocycles. The largest absolute Gasteiger partial charge is 0.300 e. The molecule has 0 bridgehead atoms. The van der Waals surface area contributed by atoms with E-state index in [9.17, 15) is 4.79 Å². The highest BCUT2D eigenvalue weighted by atomic mass is 16.1. The van der Waals surface area contributed by atoms with Crippen molar-refractivity contribution in [1.82, 2.24) is 0 Å². The van der Waals surface area contributed by atoms with Crippen molar-refractivity contribution >= 4 is 5.78 Å². The zero-order valence-corrected chi connectivity index (χ0v) is 11.2. The molecule has 0 heterocycles. The number of carbonyl (C=O) groups is 1. The summed E-state index contributed by atoms with van der Waals surface area (Å²) in [5, 5.41) is 0.